The van der Waals surface area contributed by atoms with Crippen molar-refractivity contribution in [2.75, 3.05) is 19.6 Å². The van der Waals surface area contributed by atoms with Gasteiger partial charge in [0.25, 0.3) is 0 Å². The molecule has 3 aliphatic rings. The largest absolute Gasteiger partial charge is 0.341 e. The molecule has 0 saturated carbocycles. The number of thiol groups is 1. The van der Waals surface area contributed by atoms with Crippen LogP contribution in [-0.2, 0) is 22.4 Å². The van der Waals surface area contributed by atoms with Crippen LogP contribution in [0.3, 0.4) is 0 Å². The molecule has 0 N–H and O–H groups in total. The van der Waals surface area contributed by atoms with Gasteiger partial charge in [-0.25, -0.2) is 4.31 Å². The van der Waals surface area contributed by atoms with Crippen molar-refractivity contribution in [1.82, 2.24) is 9.21 Å². The minimum Gasteiger partial charge on any atom is -0.341 e. The summed E-state index contributed by atoms with van der Waals surface area (Å²) >= 11 is 4.52. The van der Waals surface area contributed by atoms with Crippen LogP contribution in [0.4, 0.5) is 0 Å². The highest BCUT2D eigenvalue weighted by atomic mass is 32.1. The highest BCUT2D eigenvalue weighted by Gasteiger charge is 2.46. The van der Waals surface area contributed by atoms with Crippen molar-refractivity contribution in [3.63, 3.8) is 0 Å². The summed E-state index contributed by atoms with van der Waals surface area (Å²) in [6.07, 6.45) is 5.59. The lowest BCUT2D eigenvalue weighted by Gasteiger charge is -2.30. The predicted octanol–water partition coefficient (Wildman–Crippen LogP) is 2.52. The van der Waals surface area contributed by atoms with Crippen molar-refractivity contribution in [2.45, 2.75) is 44.6 Å². The van der Waals surface area contributed by atoms with E-state index in [0.717, 1.165) is 51.6 Å². The van der Waals surface area contributed by atoms with Crippen LogP contribution < -0.4 is 0 Å². The highest BCUT2D eigenvalue weighted by Crippen LogP contribution is 2.35. The summed E-state index contributed by atoms with van der Waals surface area (Å²) in [6.45, 7) is 2.37. The maximum Gasteiger partial charge on any atom is 0.241 e. The van der Waals surface area contributed by atoms with Gasteiger partial charge in [-0.1, -0.05) is 37.1 Å². The fourth-order valence-corrected chi connectivity index (χ4v) is 5.12. The van der Waals surface area contributed by atoms with Gasteiger partial charge in [0.05, 0.1) is 0 Å². The van der Waals surface area contributed by atoms with Gasteiger partial charge < -0.3 is 4.90 Å². The molecule has 1 aromatic rings. The summed E-state index contributed by atoms with van der Waals surface area (Å²) in [4.78, 5) is 28.1. The minimum atomic E-state index is -0.369. The molecule has 2 unspecified atom stereocenters. The summed E-state index contributed by atoms with van der Waals surface area (Å²) in [5, 5.41) is 0. The molecule has 1 aliphatic carbocycles. The van der Waals surface area contributed by atoms with Crippen LogP contribution in [-0.4, -0.2) is 46.6 Å². The number of amides is 1. The van der Waals surface area contributed by atoms with Gasteiger partial charge in [-0.15, -0.1) is 0 Å². The fraction of sp³-hybridized carbons (Fsp3) is 0.600. The Labute approximate surface area is 155 Å². The molecule has 1 amide bonds. The zero-order valence-corrected chi connectivity index (χ0v) is 15.5. The lowest BCUT2D eigenvalue weighted by atomic mass is 9.77. The molecular weight excluding hydrogens is 332 g/mol. The number of likely N-dealkylation sites (tertiary alicyclic amines) is 1. The Balaban J connectivity index is 1.50. The molecule has 0 bridgehead atoms. The van der Waals surface area contributed by atoms with Crippen molar-refractivity contribution in [3.05, 3.63) is 35.4 Å². The Bertz CT molecular complexity index is 671. The number of carbonyl (C=O) groups is 2. The smallest absolute Gasteiger partial charge is 0.241 e. The van der Waals surface area contributed by atoms with E-state index in [1.807, 2.05) is 4.90 Å². The second kappa shape index (κ2) is 7.12. The van der Waals surface area contributed by atoms with E-state index < -0.39 is 0 Å². The van der Waals surface area contributed by atoms with E-state index in [0.29, 0.717) is 6.54 Å². The van der Waals surface area contributed by atoms with E-state index in [4.69, 9.17) is 0 Å². The molecule has 0 spiro atoms. The number of rotatable bonds is 3. The molecule has 1 aromatic carbocycles. The van der Waals surface area contributed by atoms with E-state index in [1.165, 1.54) is 11.1 Å². The Hall–Kier alpha value is -1.33. The van der Waals surface area contributed by atoms with Crippen molar-refractivity contribution in [3.8, 4) is 0 Å². The third-order valence-corrected chi connectivity index (χ3v) is 6.61. The lowest BCUT2D eigenvalue weighted by molar-refractivity contribution is -0.139. The summed E-state index contributed by atoms with van der Waals surface area (Å²) < 4.78 is 1.81. The van der Waals surface area contributed by atoms with Crippen LogP contribution >= 0.6 is 12.8 Å². The van der Waals surface area contributed by atoms with Crippen LogP contribution in [0.5, 0.6) is 0 Å². The third-order valence-electron chi connectivity index (χ3n) is 6.16. The normalized spacial score (nSPS) is 29.6. The predicted molar refractivity (Wildman–Crippen MR) is 100 cm³/mol. The van der Waals surface area contributed by atoms with E-state index in [1.54, 1.807) is 4.31 Å². The molecule has 3 atom stereocenters. The second-order valence-electron chi connectivity index (χ2n) is 7.65. The first-order valence-corrected chi connectivity index (χ1v) is 9.90. The average Bonchev–Trinajstić information content (AvgIpc) is 3.30. The molecule has 0 aromatic heterocycles. The number of benzene rings is 1. The zero-order valence-electron chi connectivity index (χ0n) is 14.6. The number of ketones is 1. The Morgan fingerprint density at radius 1 is 1.00 bits per heavy atom. The van der Waals surface area contributed by atoms with Crippen molar-refractivity contribution in [2.24, 2.45) is 11.8 Å². The van der Waals surface area contributed by atoms with E-state index in [-0.39, 0.29) is 29.6 Å². The number of hydrogen-bond donors (Lipinski definition) is 1. The van der Waals surface area contributed by atoms with Gasteiger partial charge in [-0.05, 0) is 49.7 Å². The second-order valence-corrected chi connectivity index (χ2v) is 8.16. The summed E-state index contributed by atoms with van der Waals surface area (Å²) in [7, 11) is 0. The molecule has 5 heteroatoms. The minimum absolute atomic E-state index is 0.0496. The first-order valence-electron chi connectivity index (χ1n) is 9.50. The standard InChI is InChI=1S/C20H26N2O2S/c23-19(16-8-7-14-5-1-2-6-15(14)13-16)17-9-12-22(25)18(17)20(24)21-10-3-4-11-21/h1-2,5-6,16-18,25H,3-4,7-13H2/t16?,17?,18-/m1/s1. The van der Waals surface area contributed by atoms with E-state index in [9.17, 15) is 9.59 Å². The maximum absolute atomic E-state index is 13.3. The molecule has 134 valence electrons. The molecule has 2 fully saturated rings. The molecular formula is C20H26N2O2S. The lowest BCUT2D eigenvalue weighted by Crippen LogP contribution is -2.47. The van der Waals surface area contributed by atoms with Gasteiger partial charge in [-0.2, -0.15) is 0 Å². The number of carbonyl (C=O) groups excluding carboxylic acids is 2. The number of nitrogens with zero attached hydrogens (tertiary/aromatic N) is 2. The average molecular weight is 359 g/mol. The molecule has 2 saturated heterocycles. The van der Waals surface area contributed by atoms with Gasteiger partial charge in [0.15, 0.2) is 0 Å². The van der Waals surface area contributed by atoms with E-state index >= 15 is 0 Å². The fourth-order valence-electron chi connectivity index (χ4n) is 4.74. The summed E-state index contributed by atoms with van der Waals surface area (Å²) in [5.41, 5.74) is 2.67. The first-order chi connectivity index (χ1) is 12.1. The van der Waals surface area contributed by atoms with Gasteiger partial charge in [0.1, 0.15) is 11.8 Å². The SMILES string of the molecule is O=C(C1CCc2ccccc2C1)C1CCN(S)[C@H]1C(=O)N1CCCC1. The number of hydrogen-bond acceptors (Lipinski definition) is 4. The molecule has 0 radical (unpaired) electrons. The van der Waals surface area contributed by atoms with Crippen LogP contribution in [0.1, 0.15) is 36.8 Å². The number of fused-ring (bicyclic) bond motifs is 1. The van der Waals surface area contributed by atoms with E-state index in [2.05, 4.69) is 37.1 Å². The van der Waals surface area contributed by atoms with Crippen LogP contribution in [0.2, 0.25) is 0 Å². The molecule has 2 aliphatic heterocycles. The molecule has 25 heavy (non-hydrogen) atoms. The topological polar surface area (TPSA) is 40.6 Å². The van der Waals surface area contributed by atoms with Crippen molar-refractivity contribution < 1.29 is 9.59 Å². The Morgan fingerprint density at radius 2 is 1.72 bits per heavy atom. The highest BCUT2D eigenvalue weighted by molar-refractivity contribution is 7.77. The van der Waals surface area contributed by atoms with Crippen LogP contribution in [0.25, 0.3) is 0 Å². The number of Topliss-reactive ketones (excluding diaryl/α,β-unsaturated/α-hetero) is 1. The maximum atomic E-state index is 13.3. The summed E-state index contributed by atoms with van der Waals surface area (Å²) in [6, 6.07) is 8.06. The van der Waals surface area contributed by atoms with Crippen molar-refractivity contribution in [1.29, 1.82) is 0 Å². The van der Waals surface area contributed by atoms with Gasteiger partial charge in [0, 0.05) is 31.5 Å². The molecule has 4 rings (SSSR count). The van der Waals surface area contributed by atoms with Crippen LogP contribution in [0, 0.1) is 11.8 Å². The monoisotopic (exact) mass is 358 g/mol. The van der Waals surface area contributed by atoms with Gasteiger partial charge >= 0.3 is 0 Å². The Kier molecular flexibility index (Phi) is 4.87. The first kappa shape index (κ1) is 17.1. The van der Waals surface area contributed by atoms with Crippen molar-refractivity contribution >= 4 is 24.5 Å². The van der Waals surface area contributed by atoms with Gasteiger partial charge in [-0.3, -0.25) is 9.59 Å². The zero-order chi connectivity index (χ0) is 17.4. The van der Waals surface area contributed by atoms with Gasteiger partial charge in [0.2, 0.25) is 5.91 Å². The third kappa shape index (κ3) is 3.24. The summed E-state index contributed by atoms with van der Waals surface area (Å²) in [5.74, 6) is 0.248. The van der Waals surface area contributed by atoms with Crippen LogP contribution in [0.15, 0.2) is 24.3 Å². The number of aryl methyl sites for hydroxylation is 1. The Morgan fingerprint density at radius 3 is 2.48 bits per heavy atom. The molecule has 4 nitrogen and oxygen atoms in total. The molecule has 2 heterocycles. The quantitative estimate of drug-likeness (QED) is 0.844.